The quantitative estimate of drug-likeness (QED) is 0.748. The summed E-state index contributed by atoms with van der Waals surface area (Å²) in [6.45, 7) is 2.00. The molecule has 1 aromatic carbocycles. The second-order valence-electron chi connectivity index (χ2n) is 2.86. The summed E-state index contributed by atoms with van der Waals surface area (Å²) in [6.07, 6.45) is 0.617. The summed E-state index contributed by atoms with van der Waals surface area (Å²) < 4.78 is 31.0. The van der Waals surface area contributed by atoms with E-state index < -0.39 is 22.6 Å². The third-order valence-electron chi connectivity index (χ3n) is 1.71. The Balaban J connectivity index is 3.16. The molecule has 0 saturated heterocycles. The van der Waals surface area contributed by atoms with Crippen molar-refractivity contribution in [3.8, 4) is 5.75 Å². The van der Waals surface area contributed by atoms with Crippen LogP contribution in [-0.4, -0.2) is 11.8 Å². The van der Waals surface area contributed by atoms with E-state index in [9.17, 15) is 13.6 Å². The number of rotatable bonds is 4. The first-order valence-corrected chi connectivity index (χ1v) is 4.76. The number of carbonyl (C=O) groups excluding carboxylic acids is 1. The Bertz CT molecular complexity index is 380. The van der Waals surface area contributed by atoms with Gasteiger partial charge in [-0.3, -0.25) is 4.79 Å². The van der Waals surface area contributed by atoms with Crippen molar-refractivity contribution < 1.29 is 18.3 Å². The molecule has 1 rings (SSSR count). The van der Waals surface area contributed by atoms with Gasteiger partial charge in [0.05, 0.1) is 12.2 Å². The zero-order valence-corrected chi connectivity index (χ0v) is 8.78. The minimum Gasteiger partial charge on any atom is -0.490 e. The van der Waals surface area contributed by atoms with Crippen molar-refractivity contribution in [2.75, 3.05) is 6.61 Å². The molecule has 0 atom stereocenters. The molecule has 0 heterocycles. The van der Waals surface area contributed by atoms with Gasteiger partial charge in [-0.2, -0.15) is 4.39 Å². The van der Waals surface area contributed by atoms with Gasteiger partial charge in [0.15, 0.2) is 11.6 Å². The predicted octanol–water partition coefficient (Wildman–Crippen LogP) is 3.13. The molecule has 1 aromatic rings. The minimum absolute atomic E-state index is 0.163. The van der Waals surface area contributed by atoms with Gasteiger partial charge < -0.3 is 4.74 Å². The van der Waals surface area contributed by atoms with Crippen molar-refractivity contribution >= 4 is 16.8 Å². The second-order valence-corrected chi connectivity index (χ2v) is 3.20. The van der Waals surface area contributed by atoms with E-state index in [2.05, 4.69) is 0 Å². The van der Waals surface area contributed by atoms with E-state index in [1.807, 2.05) is 0 Å². The van der Waals surface area contributed by atoms with Gasteiger partial charge in [-0.1, -0.05) is 6.92 Å². The average molecular weight is 235 g/mol. The topological polar surface area (TPSA) is 26.3 Å². The fourth-order valence-electron chi connectivity index (χ4n) is 1.03. The van der Waals surface area contributed by atoms with Crippen LogP contribution < -0.4 is 4.74 Å². The number of benzene rings is 1. The molecule has 0 aliphatic rings. The summed E-state index contributed by atoms with van der Waals surface area (Å²) in [5.41, 5.74) is -0.163. The Morgan fingerprint density at radius 2 is 2.13 bits per heavy atom. The Labute approximate surface area is 90.8 Å². The SMILES string of the molecule is CCCOc1c(C(=O)Cl)ccc(F)c1F. The lowest BCUT2D eigenvalue weighted by atomic mass is 10.2. The molecule has 0 amide bonds. The number of halogens is 3. The van der Waals surface area contributed by atoms with Gasteiger partial charge >= 0.3 is 0 Å². The highest BCUT2D eigenvalue weighted by atomic mass is 35.5. The lowest BCUT2D eigenvalue weighted by Gasteiger charge is -2.09. The standard InChI is InChI=1S/C10H9ClF2O2/c1-2-5-15-9-6(10(11)14)3-4-7(12)8(9)13/h3-4H,2,5H2,1H3. The summed E-state index contributed by atoms with van der Waals surface area (Å²) in [4.78, 5) is 10.9. The Morgan fingerprint density at radius 1 is 1.47 bits per heavy atom. The van der Waals surface area contributed by atoms with Gasteiger partial charge in [0.2, 0.25) is 5.82 Å². The van der Waals surface area contributed by atoms with Crippen LogP contribution in [0.3, 0.4) is 0 Å². The van der Waals surface area contributed by atoms with Crippen molar-refractivity contribution in [1.82, 2.24) is 0 Å². The molecule has 0 radical (unpaired) electrons. The van der Waals surface area contributed by atoms with E-state index in [1.165, 1.54) is 0 Å². The van der Waals surface area contributed by atoms with E-state index in [1.54, 1.807) is 6.92 Å². The maximum Gasteiger partial charge on any atom is 0.256 e. The van der Waals surface area contributed by atoms with E-state index in [0.717, 1.165) is 12.1 Å². The summed E-state index contributed by atoms with van der Waals surface area (Å²) in [6, 6.07) is 1.93. The minimum atomic E-state index is -1.19. The van der Waals surface area contributed by atoms with Gasteiger partial charge in [-0.15, -0.1) is 0 Å². The second kappa shape index (κ2) is 5.07. The average Bonchev–Trinajstić information content (AvgIpc) is 2.19. The van der Waals surface area contributed by atoms with Crippen LogP contribution in [0.25, 0.3) is 0 Å². The first-order valence-electron chi connectivity index (χ1n) is 4.38. The molecule has 0 aliphatic carbocycles. The molecule has 15 heavy (non-hydrogen) atoms. The number of hydrogen-bond donors (Lipinski definition) is 0. The molecule has 0 aliphatic heterocycles. The van der Waals surface area contributed by atoms with E-state index in [0.29, 0.717) is 6.42 Å². The zero-order chi connectivity index (χ0) is 11.4. The van der Waals surface area contributed by atoms with Crippen LogP contribution in [-0.2, 0) is 0 Å². The molecule has 0 N–H and O–H groups in total. The molecule has 0 spiro atoms. The van der Waals surface area contributed by atoms with E-state index >= 15 is 0 Å². The largest absolute Gasteiger partial charge is 0.490 e. The molecule has 0 fully saturated rings. The fraction of sp³-hybridized carbons (Fsp3) is 0.300. The van der Waals surface area contributed by atoms with Crippen molar-refractivity contribution in [3.63, 3.8) is 0 Å². The van der Waals surface area contributed by atoms with E-state index in [4.69, 9.17) is 16.3 Å². The van der Waals surface area contributed by atoms with Crippen LogP contribution >= 0.6 is 11.6 Å². The summed E-state index contributed by atoms with van der Waals surface area (Å²) in [5.74, 6) is -2.67. The number of ether oxygens (including phenoxy) is 1. The van der Waals surface area contributed by atoms with Gasteiger partial charge in [0, 0.05) is 0 Å². The maximum atomic E-state index is 13.2. The lowest BCUT2D eigenvalue weighted by Crippen LogP contribution is -2.04. The Kier molecular flexibility index (Phi) is 4.03. The van der Waals surface area contributed by atoms with Crippen molar-refractivity contribution in [3.05, 3.63) is 29.3 Å². The molecule has 82 valence electrons. The highest BCUT2D eigenvalue weighted by Gasteiger charge is 2.18. The molecule has 0 unspecified atom stereocenters. The highest BCUT2D eigenvalue weighted by Crippen LogP contribution is 2.26. The first kappa shape index (κ1) is 11.9. The molecule has 0 bridgehead atoms. The maximum absolute atomic E-state index is 13.2. The summed E-state index contributed by atoms with van der Waals surface area (Å²) >= 11 is 5.20. The predicted molar refractivity (Wildman–Crippen MR) is 52.3 cm³/mol. The van der Waals surface area contributed by atoms with Crippen molar-refractivity contribution in [1.29, 1.82) is 0 Å². The fourth-order valence-corrected chi connectivity index (χ4v) is 1.18. The van der Waals surface area contributed by atoms with Crippen LogP contribution in [0.4, 0.5) is 8.78 Å². The van der Waals surface area contributed by atoms with E-state index in [-0.39, 0.29) is 12.2 Å². The van der Waals surface area contributed by atoms with Crippen molar-refractivity contribution in [2.24, 2.45) is 0 Å². The van der Waals surface area contributed by atoms with Crippen LogP contribution in [0.5, 0.6) is 5.75 Å². The van der Waals surface area contributed by atoms with Gasteiger partial charge in [0.1, 0.15) is 0 Å². The molecule has 2 nitrogen and oxygen atoms in total. The van der Waals surface area contributed by atoms with Crippen LogP contribution in [0.1, 0.15) is 23.7 Å². The molecular weight excluding hydrogens is 226 g/mol. The first-order chi connectivity index (χ1) is 7.07. The van der Waals surface area contributed by atoms with Crippen LogP contribution in [0.2, 0.25) is 0 Å². The molecule has 5 heteroatoms. The van der Waals surface area contributed by atoms with Gasteiger partial charge in [-0.25, -0.2) is 4.39 Å². The normalized spacial score (nSPS) is 10.1. The van der Waals surface area contributed by atoms with Gasteiger partial charge in [0.25, 0.3) is 5.24 Å². The lowest BCUT2D eigenvalue weighted by molar-refractivity contribution is 0.107. The third kappa shape index (κ3) is 2.65. The third-order valence-corrected chi connectivity index (χ3v) is 1.92. The molecular formula is C10H9ClF2O2. The smallest absolute Gasteiger partial charge is 0.256 e. The number of hydrogen-bond acceptors (Lipinski definition) is 2. The van der Waals surface area contributed by atoms with Gasteiger partial charge in [-0.05, 0) is 30.2 Å². The van der Waals surface area contributed by atoms with Crippen molar-refractivity contribution in [2.45, 2.75) is 13.3 Å². The molecule has 0 saturated carbocycles. The summed E-state index contributed by atoms with van der Waals surface area (Å²) in [7, 11) is 0. The Morgan fingerprint density at radius 3 is 2.67 bits per heavy atom. The monoisotopic (exact) mass is 234 g/mol. The summed E-state index contributed by atoms with van der Waals surface area (Å²) in [5, 5.41) is -0.875. The Hall–Kier alpha value is -1.16. The zero-order valence-electron chi connectivity index (χ0n) is 8.02. The highest BCUT2D eigenvalue weighted by molar-refractivity contribution is 6.68. The van der Waals surface area contributed by atoms with Crippen LogP contribution in [0.15, 0.2) is 12.1 Å². The van der Waals surface area contributed by atoms with Crippen LogP contribution in [0, 0.1) is 11.6 Å². The molecule has 0 aromatic heterocycles. The number of carbonyl (C=O) groups is 1.